The number of aryl methyl sites for hydroxylation is 1. The van der Waals surface area contributed by atoms with Crippen molar-refractivity contribution in [3.05, 3.63) is 11.4 Å². The van der Waals surface area contributed by atoms with Gasteiger partial charge in [0, 0.05) is 12.6 Å². The molecular weight excluding hydrogens is 216 g/mol. The molecule has 2 rings (SSSR count). The van der Waals surface area contributed by atoms with E-state index in [9.17, 15) is 4.79 Å². The van der Waals surface area contributed by atoms with E-state index >= 15 is 0 Å². The second-order valence-electron chi connectivity index (χ2n) is 4.97. The number of H-pyrrole nitrogens is 1. The van der Waals surface area contributed by atoms with Crippen LogP contribution in [0.15, 0.2) is 0 Å². The molecule has 94 valence electrons. The van der Waals surface area contributed by atoms with Gasteiger partial charge in [-0.25, -0.2) is 0 Å². The van der Waals surface area contributed by atoms with Gasteiger partial charge in [0.15, 0.2) is 5.69 Å². The maximum atomic E-state index is 12.3. The van der Waals surface area contributed by atoms with Crippen LogP contribution in [0.1, 0.15) is 43.4 Å². The Morgan fingerprint density at radius 2 is 2.29 bits per heavy atom. The largest absolute Gasteiger partial charge is 0.395 e. The lowest BCUT2D eigenvalue weighted by Gasteiger charge is -2.20. The summed E-state index contributed by atoms with van der Waals surface area (Å²) in [6.07, 6.45) is 1.81. The lowest BCUT2D eigenvalue weighted by atomic mass is 10.1. The third kappa shape index (κ3) is 2.01. The number of aromatic nitrogens is 2. The number of nitrogens with one attached hydrogen (secondary N) is 1. The van der Waals surface area contributed by atoms with E-state index in [1.807, 2.05) is 11.8 Å². The molecule has 2 atom stereocenters. The number of amides is 1. The fourth-order valence-electron chi connectivity index (χ4n) is 2.54. The third-order valence-electron chi connectivity index (χ3n) is 3.48. The molecule has 2 heterocycles. The molecule has 0 bridgehead atoms. The quantitative estimate of drug-likeness (QED) is 0.815. The standard InChI is InChI=1S/C12H20N4O/c1-4-9-10(13)11(15-14-9)12(17)16-6-7(2)5-8(16)3/h7-8H,4-6,13H2,1-3H3,(H,14,15). The molecule has 2 unspecified atom stereocenters. The molecule has 1 saturated heterocycles. The van der Waals surface area contributed by atoms with Crippen LogP contribution in [0.4, 0.5) is 5.69 Å². The highest BCUT2D eigenvalue weighted by Gasteiger charge is 2.32. The number of likely N-dealkylation sites (tertiary alicyclic amines) is 1. The molecule has 1 amide bonds. The molecule has 3 N–H and O–H groups in total. The normalized spacial score (nSPS) is 24.3. The van der Waals surface area contributed by atoms with Gasteiger partial charge in [-0.3, -0.25) is 9.89 Å². The van der Waals surface area contributed by atoms with Crippen LogP contribution in [0, 0.1) is 5.92 Å². The Morgan fingerprint density at radius 3 is 2.76 bits per heavy atom. The predicted molar refractivity (Wildman–Crippen MR) is 66.7 cm³/mol. The fourth-order valence-corrected chi connectivity index (χ4v) is 2.54. The summed E-state index contributed by atoms with van der Waals surface area (Å²) in [6, 6.07) is 0.277. The van der Waals surface area contributed by atoms with Crippen molar-refractivity contribution in [3.8, 4) is 0 Å². The minimum absolute atomic E-state index is 0.0460. The van der Waals surface area contributed by atoms with Gasteiger partial charge in [0.1, 0.15) is 0 Å². The van der Waals surface area contributed by atoms with Crippen LogP contribution < -0.4 is 5.73 Å². The number of hydrogen-bond donors (Lipinski definition) is 2. The minimum Gasteiger partial charge on any atom is -0.395 e. The molecule has 1 fully saturated rings. The molecule has 0 spiro atoms. The first-order valence-electron chi connectivity index (χ1n) is 6.18. The topological polar surface area (TPSA) is 75.0 Å². The van der Waals surface area contributed by atoms with Gasteiger partial charge >= 0.3 is 0 Å². The van der Waals surface area contributed by atoms with Crippen molar-refractivity contribution < 1.29 is 4.79 Å². The van der Waals surface area contributed by atoms with E-state index in [0.717, 1.165) is 25.1 Å². The summed E-state index contributed by atoms with van der Waals surface area (Å²) in [7, 11) is 0. The van der Waals surface area contributed by atoms with Crippen LogP contribution in [0.5, 0.6) is 0 Å². The average molecular weight is 236 g/mol. The van der Waals surface area contributed by atoms with E-state index in [4.69, 9.17) is 5.73 Å². The number of nitrogens with zero attached hydrogens (tertiary/aromatic N) is 2. The third-order valence-corrected chi connectivity index (χ3v) is 3.48. The van der Waals surface area contributed by atoms with Gasteiger partial charge in [0.2, 0.25) is 0 Å². The molecule has 1 aromatic heterocycles. The highest BCUT2D eigenvalue weighted by atomic mass is 16.2. The van der Waals surface area contributed by atoms with E-state index in [1.165, 1.54) is 0 Å². The van der Waals surface area contributed by atoms with Crippen molar-refractivity contribution in [3.63, 3.8) is 0 Å². The molecule has 0 aromatic carbocycles. The Labute approximate surface area is 101 Å². The monoisotopic (exact) mass is 236 g/mol. The first-order chi connectivity index (χ1) is 8.04. The van der Waals surface area contributed by atoms with Gasteiger partial charge < -0.3 is 10.6 Å². The van der Waals surface area contributed by atoms with E-state index in [-0.39, 0.29) is 11.9 Å². The molecule has 1 aliphatic rings. The fraction of sp³-hybridized carbons (Fsp3) is 0.667. The summed E-state index contributed by atoms with van der Waals surface area (Å²) in [5.74, 6) is 0.509. The summed E-state index contributed by atoms with van der Waals surface area (Å²) >= 11 is 0. The summed E-state index contributed by atoms with van der Waals surface area (Å²) in [4.78, 5) is 14.2. The number of aromatic amines is 1. The van der Waals surface area contributed by atoms with Crippen molar-refractivity contribution >= 4 is 11.6 Å². The second kappa shape index (κ2) is 4.39. The minimum atomic E-state index is -0.0460. The van der Waals surface area contributed by atoms with Gasteiger partial charge in [-0.2, -0.15) is 5.10 Å². The van der Waals surface area contributed by atoms with Gasteiger partial charge in [0.05, 0.1) is 11.4 Å². The molecule has 0 saturated carbocycles. The van der Waals surface area contributed by atoms with Gasteiger partial charge in [-0.1, -0.05) is 13.8 Å². The zero-order valence-electron chi connectivity index (χ0n) is 10.7. The average Bonchev–Trinajstić information content (AvgIpc) is 2.81. The van der Waals surface area contributed by atoms with E-state index < -0.39 is 0 Å². The van der Waals surface area contributed by atoms with Crippen LogP contribution in [0.25, 0.3) is 0 Å². The number of hydrogen-bond acceptors (Lipinski definition) is 3. The van der Waals surface area contributed by atoms with E-state index in [2.05, 4.69) is 24.0 Å². The highest BCUT2D eigenvalue weighted by Crippen LogP contribution is 2.26. The number of anilines is 1. The van der Waals surface area contributed by atoms with E-state index in [1.54, 1.807) is 0 Å². The van der Waals surface area contributed by atoms with Crippen LogP contribution >= 0.6 is 0 Å². The number of rotatable bonds is 2. The van der Waals surface area contributed by atoms with Crippen molar-refractivity contribution in [1.29, 1.82) is 0 Å². The molecule has 5 heteroatoms. The number of carbonyl (C=O) groups excluding carboxylic acids is 1. The predicted octanol–water partition coefficient (Wildman–Crippen LogP) is 1.42. The van der Waals surface area contributed by atoms with Gasteiger partial charge in [0.25, 0.3) is 5.91 Å². The maximum Gasteiger partial charge on any atom is 0.276 e. The van der Waals surface area contributed by atoms with Crippen LogP contribution in [0.3, 0.4) is 0 Å². The smallest absolute Gasteiger partial charge is 0.276 e. The van der Waals surface area contributed by atoms with Crippen molar-refractivity contribution in [2.24, 2.45) is 5.92 Å². The Kier molecular flexibility index (Phi) is 3.09. The maximum absolute atomic E-state index is 12.3. The summed E-state index contributed by atoms with van der Waals surface area (Å²) < 4.78 is 0. The molecule has 1 aromatic rings. The Hall–Kier alpha value is -1.52. The highest BCUT2D eigenvalue weighted by molar-refractivity contribution is 5.98. The van der Waals surface area contributed by atoms with Gasteiger partial charge in [-0.05, 0) is 25.7 Å². The summed E-state index contributed by atoms with van der Waals surface area (Å²) in [5, 5.41) is 6.88. The molecule has 0 radical (unpaired) electrons. The number of carbonyl (C=O) groups is 1. The second-order valence-corrected chi connectivity index (χ2v) is 4.97. The molecule has 5 nitrogen and oxygen atoms in total. The van der Waals surface area contributed by atoms with Crippen LogP contribution in [-0.4, -0.2) is 33.6 Å². The Bertz CT molecular complexity index is 426. The van der Waals surface area contributed by atoms with E-state index in [0.29, 0.717) is 17.3 Å². The number of nitrogen functional groups attached to an aromatic ring is 1. The number of nitrogens with two attached hydrogens (primary N) is 1. The lowest BCUT2D eigenvalue weighted by Crippen LogP contribution is -2.34. The summed E-state index contributed by atoms with van der Waals surface area (Å²) in [6.45, 7) is 7.02. The van der Waals surface area contributed by atoms with Crippen LogP contribution in [0.2, 0.25) is 0 Å². The Balaban J connectivity index is 2.22. The van der Waals surface area contributed by atoms with Gasteiger partial charge in [-0.15, -0.1) is 0 Å². The lowest BCUT2D eigenvalue weighted by molar-refractivity contribution is 0.0739. The summed E-state index contributed by atoms with van der Waals surface area (Å²) in [5.41, 5.74) is 7.64. The first kappa shape index (κ1) is 12.0. The van der Waals surface area contributed by atoms with Crippen molar-refractivity contribution in [2.75, 3.05) is 12.3 Å². The Morgan fingerprint density at radius 1 is 1.59 bits per heavy atom. The zero-order chi connectivity index (χ0) is 12.6. The van der Waals surface area contributed by atoms with Crippen molar-refractivity contribution in [1.82, 2.24) is 15.1 Å². The van der Waals surface area contributed by atoms with Crippen molar-refractivity contribution in [2.45, 2.75) is 39.7 Å². The zero-order valence-corrected chi connectivity index (χ0v) is 10.7. The molecule has 17 heavy (non-hydrogen) atoms. The molecule has 1 aliphatic heterocycles. The molecule has 0 aliphatic carbocycles. The molecular formula is C12H20N4O. The first-order valence-corrected chi connectivity index (χ1v) is 6.18. The SMILES string of the molecule is CCc1[nH]nc(C(=O)N2CC(C)CC2C)c1N. The van der Waals surface area contributed by atoms with Crippen LogP contribution in [-0.2, 0) is 6.42 Å².